The van der Waals surface area contributed by atoms with E-state index < -0.39 is 0 Å². The van der Waals surface area contributed by atoms with Gasteiger partial charge in [-0.3, -0.25) is 0 Å². The van der Waals surface area contributed by atoms with Crippen LogP contribution < -0.4 is 5.32 Å². The van der Waals surface area contributed by atoms with Crippen LogP contribution in [-0.4, -0.2) is 10.2 Å². The summed E-state index contributed by atoms with van der Waals surface area (Å²) in [5.74, 6) is 0.672. The van der Waals surface area contributed by atoms with Crippen LogP contribution in [0.2, 0.25) is 0 Å². The molecule has 21 heavy (non-hydrogen) atoms. The minimum absolute atomic E-state index is 0.219. The van der Waals surface area contributed by atoms with Gasteiger partial charge in [0.2, 0.25) is 5.13 Å². The quantitative estimate of drug-likeness (QED) is 0.755. The van der Waals surface area contributed by atoms with Crippen molar-refractivity contribution < 1.29 is 0 Å². The maximum Gasteiger partial charge on any atom is 0.206 e. The summed E-state index contributed by atoms with van der Waals surface area (Å²) in [6.45, 7) is 2.18. The Kier molecular flexibility index (Phi) is 3.11. The zero-order valence-corrected chi connectivity index (χ0v) is 12.7. The summed E-state index contributed by atoms with van der Waals surface area (Å²) in [6, 6.07) is 15.2. The van der Waals surface area contributed by atoms with Gasteiger partial charge in [0.1, 0.15) is 5.01 Å². The Morgan fingerprint density at radius 3 is 2.76 bits per heavy atom. The molecule has 0 aliphatic heterocycles. The number of nitrogens with zero attached hydrogens (tertiary/aromatic N) is 2. The standard InChI is InChI=1S/C17H17N3S/c1-11(18-17-20-19-16(21-17)13-9-10-13)14-8-4-6-12-5-2-3-7-15(12)14/h2-8,11,13H,9-10H2,1H3,(H,18,20). The fraction of sp³-hybridized carbons (Fsp3) is 0.294. The largest absolute Gasteiger partial charge is 0.354 e. The lowest BCUT2D eigenvalue weighted by molar-refractivity contribution is 0.877. The molecule has 1 aromatic heterocycles. The van der Waals surface area contributed by atoms with E-state index in [2.05, 4.69) is 64.9 Å². The Morgan fingerprint density at radius 2 is 1.90 bits per heavy atom. The van der Waals surface area contributed by atoms with Gasteiger partial charge < -0.3 is 5.32 Å². The maximum absolute atomic E-state index is 4.29. The second-order valence-electron chi connectivity index (χ2n) is 5.65. The van der Waals surface area contributed by atoms with Gasteiger partial charge >= 0.3 is 0 Å². The molecule has 0 spiro atoms. The molecule has 0 bridgehead atoms. The van der Waals surface area contributed by atoms with E-state index in [0.717, 1.165) is 5.13 Å². The zero-order valence-electron chi connectivity index (χ0n) is 11.9. The van der Waals surface area contributed by atoms with E-state index in [-0.39, 0.29) is 6.04 Å². The minimum atomic E-state index is 0.219. The van der Waals surface area contributed by atoms with Crippen molar-refractivity contribution in [3.63, 3.8) is 0 Å². The van der Waals surface area contributed by atoms with Gasteiger partial charge in [-0.05, 0) is 36.1 Å². The second-order valence-corrected chi connectivity index (χ2v) is 6.66. The fourth-order valence-electron chi connectivity index (χ4n) is 2.68. The fourth-order valence-corrected chi connectivity index (χ4v) is 3.68. The Hall–Kier alpha value is -1.94. The van der Waals surface area contributed by atoms with Crippen LogP contribution in [0, 0.1) is 0 Å². The highest BCUT2D eigenvalue weighted by molar-refractivity contribution is 7.15. The van der Waals surface area contributed by atoms with Gasteiger partial charge in [0.25, 0.3) is 0 Å². The van der Waals surface area contributed by atoms with Crippen molar-refractivity contribution in [2.75, 3.05) is 5.32 Å². The first-order chi connectivity index (χ1) is 10.3. The van der Waals surface area contributed by atoms with Crippen LogP contribution in [0.15, 0.2) is 42.5 Å². The van der Waals surface area contributed by atoms with Crippen LogP contribution in [0.4, 0.5) is 5.13 Å². The molecule has 2 aromatic carbocycles. The number of hydrogen-bond acceptors (Lipinski definition) is 4. The summed E-state index contributed by atoms with van der Waals surface area (Å²) >= 11 is 1.70. The van der Waals surface area contributed by atoms with Gasteiger partial charge in [-0.25, -0.2) is 0 Å². The topological polar surface area (TPSA) is 37.8 Å². The molecule has 0 radical (unpaired) electrons. The zero-order chi connectivity index (χ0) is 14.2. The van der Waals surface area contributed by atoms with Gasteiger partial charge in [0, 0.05) is 5.92 Å². The molecule has 1 saturated carbocycles. The highest BCUT2D eigenvalue weighted by Crippen LogP contribution is 2.42. The van der Waals surface area contributed by atoms with E-state index in [9.17, 15) is 0 Å². The molecule has 1 aliphatic carbocycles. The Morgan fingerprint density at radius 1 is 1.10 bits per heavy atom. The third kappa shape index (κ3) is 2.51. The number of benzene rings is 2. The van der Waals surface area contributed by atoms with E-state index in [4.69, 9.17) is 0 Å². The molecule has 1 fully saturated rings. The van der Waals surface area contributed by atoms with Crippen molar-refractivity contribution in [1.82, 2.24) is 10.2 Å². The smallest absolute Gasteiger partial charge is 0.206 e. The number of nitrogens with one attached hydrogen (secondary N) is 1. The van der Waals surface area contributed by atoms with Crippen LogP contribution >= 0.6 is 11.3 Å². The molecule has 4 heteroatoms. The number of aromatic nitrogens is 2. The Bertz CT molecular complexity index is 771. The highest BCUT2D eigenvalue weighted by atomic mass is 32.1. The summed E-state index contributed by atoms with van der Waals surface area (Å²) in [5, 5.41) is 16.8. The number of hydrogen-bond donors (Lipinski definition) is 1. The first-order valence-corrected chi connectivity index (χ1v) is 8.20. The van der Waals surface area contributed by atoms with Gasteiger partial charge in [-0.15, -0.1) is 10.2 Å². The lowest BCUT2D eigenvalue weighted by Gasteiger charge is -2.15. The van der Waals surface area contributed by atoms with Gasteiger partial charge in [0.05, 0.1) is 6.04 Å². The molecule has 3 nitrogen and oxygen atoms in total. The van der Waals surface area contributed by atoms with Gasteiger partial charge in [0.15, 0.2) is 0 Å². The second kappa shape index (κ2) is 5.11. The van der Waals surface area contributed by atoms with Crippen molar-refractivity contribution in [2.45, 2.75) is 31.7 Å². The van der Waals surface area contributed by atoms with Crippen molar-refractivity contribution in [2.24, 2.45) is 0 Å². The van der Waals surface area contributed by atoms with E-state index in [1.807, 2.05) is 0 Å². The molecule has 1 atom stereocenters. The van der Waals surface area contributed by atoms with E-state index in [0.29, 0.717) is 5.92 Å². The average molecular weight is 295 g/mol. The van der Waals surface area contributed by atoms with Crippen LogP contribution in [0.5, 0.6) is 0 Å². The van der Waals surface area contributed by atoms with Crippen molar-refractivity contribution >= 4 is 27.2 Å². The first kappa shape index (κ1) is 12.8. The summed E-state index contributed by atoms with van der Waals surface area (Å²) in [6.07, 6.45) is 2.54. The minimum Gasteiger partial charge on any atom is -0.354 e. The normalized spacial score (nSPS) is 16.0. The molecule has 0 saturated heterocycles. The molecular weight excluding hydrogens is 278 g/mol. The van der Waals surface area contributed by atoms with Crippen molar-refractivity contribution in [3.8, 4) is 0 Å². The van der Waals surface area contributed by atoms with Gasteiger partial charge in [-0.2, -0.15) is 0 Å². The Balaban J connectivity index is 1.61. The summed E-state index contributed by atoms with van der Waals surface area (Å²) < 4.78 is 0. The van der Waals surface area contributed by atoms with Crippen LogP contribution in [-0.2, 0) is 0 Å². The third-order valence-corrected chi connectivity index (χ3v) is 5.01. The molecule has 4 rings (SSSR count). The Labute approximate surface area is 128 Å². The summed E-state index contributed by atoms with van der Waals surface area (Å²) in [7, 11) is 0. The molecular formula is C17H17N3S. The number of rotatable bonds is 4. The molecule has 1 N–H and O–H groups in total. The predicted molar refractivity (Wildman–Crippen MR) is 87.9 cm³/mol. The SMILES string of the molecule is CC(Nc1nnc(C2CC2)s1)c1cccc2ccccc12. The number of anilines is 1. The van der Waals surface area contributed by atoms with E-state index in [1.54, 1.807) is 11.3 Å². The first-order valence-electron chi connectivity index (χ1n) is 7.39. The predicted octanol–water partition coefficient (Wildman–Crippen LogP) is 4.74. The molecule has 1 heterocycles. The molecule has 106 valence electrons. The van der Waals surface area contributed by atoms with Crippen LogP contribution in [0.1, 0.15) is 42.3 Å². The third-order valence-electron chi connectivity index (χ3n) is 4.00. The molecule has 0 amide bonds. The van der Waals surface area contributed by atoms with Crippen LogP contribution in [0.25, 0.3) is 10.8 Å². The van der Waals surface area contributed by atoms with Crippen LogP contribution in [0.3, 0.4) is 0 Å². The lowest BCUT2D eigenvalue weighted by atomic mass is 10.00. The van der Waals surface area contributed by atoms with Crippen molar-refractivity contribution in [3.05, 3.63) is 53.0 Å². The van der Waals surface area contributed by atoms with E-state index in [1.165, 1.54) is 34.2 Å². The molecule has 1 unspecified atom stereocenters. The van der Waals surface area contributed by atoms with Gasteiger partial charge in [-0.1, -0.05) is 53.8 Å². The molecule has 3 aromatic rings. The van der Waals surface area contributed by atoms with E-state index >= 15 is 0 Å². The summed E-state index contributed by atoms with van der Waals surface area (Å²) in [4.78, 5) is 0. The number of fused-ring (bicyclic) bond motifs is 1. The average Bonchev–Trinajstić information content (AvgIpc) is 3.27. The lowest BCUT2D eigenvalue weighted by Crippen LogP contribution is -2.06. The van der Waals surface area contributed by atoms with Crippen molar-refractivity contribution in [1.29, 1.82) is 0 Å². The highest BCUT2D eigenvalue weighted by Gasteiger charge is 2.27. The maximum atomic E-state index is 4.29. The summed E-state index contributed by atoms with van der Waals surface area (Å²) in [5.41, 5.74) is 1.30. The monoisotopic (exact) mass is 295 g/mol. The molecule has 1 aliphatic rings.